The molecule has 1 amide bonds. The van der Waals surface area contributed by atoms with Gasteiger partial charge in [-0.25, -0.2) is 0 Å². The molecule has 4 rings (SSSR count). The van der Waals surface area contributed by atoms with Gasteiger partial charge in [-0.15, -0.1) is 0 Å². The number of hydrogen-bond donors (Lipinski definition) is 1. The third-order valence-electron chi connectivity index (χ3n) is 5.88. The van der Waals surface area contributed by atoms with Crippen molar-refractivity contribution in [3.8, 4) is 0 Å². The third-order valence-corrected chi connectivity index (χ3v) is 6.70. The average Bonchev–Trinajstić information content (AvgIpc) is 2.73. The van der Waals surface area contributed by atoms with Crippen LogP contribution in [-0.2, 0) is 15.8 Å². The molecule has 0 aromatic heterocycles. The molecule has 33 heavy (non-hydrogen) atoms. The Hall–Kier alpha value is -2.45. The zero-order valence-corrected chi connectivity index (χ0v) is 19.8. The summed E-state index contributed by atoms with van der Waals surface area (Å²) in [6.45, 7) is 1.70. The summed E-state index contributed by atoms with van der Waals surface area (Å²) >= 11 is 9.53. The van der Waals surface area contributed by atoms with Gasteiger partial charge >= 0.3 is 6.18 Å². The molecule has 2 aliphatic rings. The molecule has 1 aliphatic heterocycles. The van der Waals surface area contributed by atoms with Gasteiger partial charge in [-0.1, -0.05) is 39.7 Å². The highest BCUT2D eigenvalue weighted by Crippen LogP contribution is 2.44. The van der Waals surface area contributed by atoms with Gasteiger partial charge in [0.25, 0.3) is 0 Å². The summed E-state index contributed by atoms with van der Waals surface area (Å²) < 4.78 is 40.3. The molecule has 2 aromatic carbocycles. The number of carbonyl (C=O) groups is 2. The first-order valence-corrected chi connectivity index (χ1v) is 11.5. The molecular weight excluding hydrogens is 521 g/mol. The smallest absolute Gasteiger partial charge is 0.324 e. The number of ketones is 1. The lowest BCUT2D eigenvalue weighted by Crippen LogP contribution is -2.39. The van der Waals surface area contributed by atoms with Crippen molar-refractivity contribution in [2.75, 3.05) is 5.32 Å². The molecule has 9 heteroatoms. The van der Waals surface area contributed by atoms with Crippen LogP contribution in [-0.4, -0.2) is 17.4 Å². The molecule has 172 valence electrons. The molecule has 0 saturated heterocycles. The second-order valence-corrected chi connectivity index (χ2v) is 9.41. The van der Waals surface area contributed by atoms with E-state index in [1.807, 2.05) is 24.3 Å². The van der Waals surface area contributed by atoms with E-state index in [4.69, 9.17) is 11.6 Å². The standard InChI is InChI=1S/C24H19BrClF3N2O2/c1-12-20(23(33)31-18-11-14(24(27,28)29)8-9-16(18)26)21(13-4-2-5-15(25)10-13)22-17(30-12)6-3-7-19(22)32/h2,4-5,8-11,20-21H,3,6-7H2,1H3,(H,31,33)/t20?,21-/m1/s1. The van der Waals surface area contributed by atoms with Crippen LogP contribution in [0.4, 0.5) is 18.9 Å². The van der Waals surface area contributed by atoms with Crippen molar-refractivity contribution >= 4 is 50.6 Å². The summed E-state index contributed by atoms with van der Waals surface area (Å²) in [5, 5.41) is 2.53. The van der Waals surface area contributed by atoms with E-state index in [1.165, 1.54) is 0 Å². The quantitative estimate of drug-likeness (QED) is 0.459. The average molecular weight is 540 g/mol. The van der Waals surface area contributed by atoms with Crippen LogP contribution in [0.3, 0.4) is 0 Å². The number of aliphatic imine (C=N–C) groups is 1. The highest BCUT2D eigenvalue weighted by molar-refractivity contribution is 9.10. The number of alkyl halides is 3. The van der Waals surface area contributed by atoms with Crippen molar-refractivity contribution in [1.82, 2.24) is 0 Å². The number of rotatable bonds is 3. The number of Topliss-reactive ketones (excluding diaryl/α,β-unsaturated/α-hetero) is 1. The maximum Gasteiger partial charge on any atom is 0.416 e. The fraction of sp³-hybridized carbons (Fsp3) is 0.292. The van der Waals surface area contributed by atoms with E-state index in [2.05, 4.69) is 26.2 Å². The maximum absolute atomic E-state index is 13.5. The van der Waals surface area contributed by atoms with Crippen LogP contribution >= 0.6 is 27.5 Å². The Labute approximate surface area is 202 Å². The number of hydrogen-bond acceptors (Lipinski definition) is 3. The van der Waals surface area contributed by atoms with E-state index < -0.39 is 29.5 Å². The molecule has 0 radical (unpaired) electrons. The lowest BCUT2D eigenvalue weighted by molar-refractivity contribution is -0.137. The lowest BCUT2D eigenvalue weighted by atomic mass is 9.71. The maximum atomic E-state index is 13.5. The zero-order valence-electron chi connectivity index (χ0n) is 17.5. The fourth-order valence-electron chi connectivity index (χ4n) is 4.41. The number of carbonyl (C=O) groups excluding carboxylic acids is 2. The molecule has 2 aromatic rings. The van der Waals surface area contributed by atoms with Crippen LogP contribution in [0.5, 0.6) is 0 Å². The summed E-state index contributed by atoms with van der Waals surface area (Å²) in [6, 6.07) is 10.1. The van der Waals surface area contributed by atoms with Crippen LogP contribution in [0, 0.1) is 5.92 Å². The van der Waals surface area contributed by atoms with E-state index in [9.17, 15) is 22.8 Å². The predicted octanol–water partition coefficient (Wildman–Crippen LogP) is 6.94. The van der Waals surface area contributed by atoms with Gasteiger partial charge in [-0.3, -0.25) is 14.6 Å². The van der Waals surface area contributed by atoms with Gasteiger partial charge in [0.2, 0.25) is 5.91 Å². The molecule has 0 saturated carbocycles. The summed E-state index contributed by atoms with van der Waals surface area (Å²) in [4.78, 5) is 31.0. The minimum atomic E-state index is -4.58. The van der Waals surface area contributed by atoms with Gasteiger partial charge in [-0.05, 0) is 55.7 Å². The summed E-state index contributed by atoms with van der Waals surface area (Å²) in [7, 11) is 0. The monoisotopic (exact) mass is 538 g/mol. The molecule has 0 bridgehead atoms. The van der Waals surface area contributed by atoms with Gasteiger partial charge < -0.3 is 5.32 Å². The van der Waals surface area contributed by atoms with Crippen LogP contribution in [0.2, 0.25) is 5.02 Å². The van der Waals surface area contributed by atoms with Crippen LogP contribution < -0.4 is 5.32 Å². The molecule has 0 spiro atoms. The SMILES string of the molecule is CC1=NC2=C(C(=O)CCC2)[C@H](c2cccc(Br)c2)C1C(=O)Nc1cc(C(F)(F)F)ccc1Cl. The zero-order chi connectivity index (χ0) is 23.9. The van der Waals surface area contributed by atoms with Crippen molar-refractivity contribution in [3.63, 3.8) is 0 Å². The van der Waals surface area contributed by atoms with Crippen LogP contribution in [0.25, 0.3) is 0 Å². The van der Waals surface area contributed by atoms with E-state index >= 15 is 0 Å². The number of allylic oxidation sites excluding steroid dienone is 2. The molecule has 4 nitrogen and oxygen atoms in total. The second kappa shape index (κ2) is 9.06. The molecular formula is C24H19BrClF3N2O2. The van der Waals surface area contributed by atoms with E-state index in [0.29, 0.717) is 36.2 Å². The van der Waals surface area contributed by atoms with Gasteiger partial charge in [-0.2, -0.15) is 13.2 Å². The Kier molecular flexibility index (Phi) is 6.51. The van der Waals surface area contributed by atoms with Gasteiger partial charge in [0, 0.05) is 33.8 Å². The molecule has 1 unspecified atom stereocenters. The molecule has 0 fully saturated rings. The first-order chi connectivity index (χ1) is 15.6. The van der Waals surface area contributed by atoms with Crippen LogP contribution in [0.1, 0.15) is 43.2 Å². The summed E-state index contributed by atoms with van der Waals surface area (Å²) in [5.74, 6) is -2.13. The minimum absolute atomic E-state index is 0.0191. The Morgan fingerprint density at radius 1 is 1.18 bits per heavy atom. The number of amides is 1. The summed E-state index contributed by atoms with van der Waals surface area (Å²) in [6.07, 6.45) is -2.89. The number of nitrogens with zero attached hydrogens (tertiary/aromatic N) is 1. The van der Waals surface area contributed by atoms with E-state index in [1.54, 1.807) is 6.92 Å². The Bertz CT molecular complexity index is 1210. The van der Waals surface area contributed by atoms with Crippen molar-refractivity contribution in [1.29, 1.82) is 0 Å². The number of anilines is 1. The van der Waals surface area contributed by atoms with Crippen molar-refractivity contribution in [2.24, 2.45) is 10.9 Å². The number of nitrogens with one attached hydrogen (secondary N) is 1. The topological polar surface area (TPSA) is 58.5 Å². The van der Waals surface area contributed by atoms with Crippen LogP contribution in [0.15, 0.2) is 63.2 Å². The Balaban J connectivity index is 1.77. The van der Waals surface area contributed by atoms with Gasteiger partial charge in [0.1, 0.15) is 0 Å². The first kappa shape index (κ1) is 23.7. The minimum Gasteiger partial charge on any atom is -0.324 e. The fourth-order valence-corrected chi connectivity index (χ4v) is 5.00. The lowest BCUT2D eigenvalue weighted by Gasteiger charge is -2.35. The second-order valence-electron chi connectivity index (χ2n) is 8.08. The van der Waals surface area contributed by atoms with Crippen molar-refractivity contribution in [3.05, 3.63) is 74.4 Å². The highest BCUT2D eigenvalue weighted by Gasteiger charge is 2.42. The normalized spacial score (nSPS) is 20.9. The van der Waals surface area contributed by atoms with Crippen molar-refractivity contribution in [2.45, 2.75) is 38.3 Å². The van der Waals surface area contributed by atoms with Crippen molar-refractivity contribution < 1.29 is 22.8 Å². The summed E-state index contributed by atoms with van der Waals surface area (Å²) in [5.41, 5.74) is 1.35. The Morgan fingerprint density at radius 3 is 2.64 bits per heavy atom. The molecule has 1 heterocycles. The van der Waals surface area contributed by atoms with Gasteiger partial charge in [0.05, 0.1) is 22.2 Å². The molecule has 1 N–H and O–H groups in total. The number of halogens is 5. The van der Waals surface area contributed by atoms with Gasteiger partial charge in [0.15, 0.2) is 5.78 Å². The molecule has 1 aliphatic carbocycles. The molecule has 2 atom stereocenters. The van der Waals surface area contributed by atoms with E-state index in [-0.39, 0.29) is 16.5 Å². The third kappa shape index (κ3) is 4.77. The number of benzene rings is 2. The predicted molar refractivity (Wildman–Crippen MR) is 124 cm³/mol. The first-order valence-electron chi connectivity index (χ1n) is 10.3. The Morgan fingerprint density at radius 2 is 1.94 bits per heavy atom. The highest BCUT2D eigenvalue weighted by atomic mass is 79.9. The van der Waals surface area contributed by atoms with E-state index in [0.717, 1.165) is 28.2 Å². The largest absolute Gasteiger partial charge is 0.416 e.